The lowest BCUT2D eigenvalue weighted by Crippen LogP contribution is -2.16. The molecular weight excluding hydrogens is 282 g/mol. The second kappa shape index (κ2) is 9.08. The number of sulfone groups is 1. The molecule has 0 saturated carbocycles. The highest BCUT2D eigenvalue weighted by atomic mass is 32.2. The summed E-state index contributed by atoms with van der Waals surface area (Å²) < 4.78 is 24.6. The summed E-state index contributed by atoms with van der Waals surface area (Å²) in [4.78, 5) is 0.442. The molecule has 1 N–H and O–H groups in total. The van der Waals surface area contributed by atoms with E-state index < -0.39 is 9.84 Å². The van der Waals surface area contributed by atoms with Gasteiger partial charge in [-0.25, -0.2) is 8.42 Å². The number of hydrogen-bond donors (Lipinski definition) is 1. The van der Waals surface area contributed by atoms with Gasteiger partial charge in [-0.2, -0.15) is 0 Å². The van der Waals surface area contributed by atoms with Crippen molar-refractivity contribution in [1.29, 1.82) is 0 Å². The fourth-order valence-corrected chi connectivity index (χ4v) is 3.98. The van der Waals surface area contributed by atoms with Crippen molar-refractivity contribution >= 4 is 15.5 Å². The van der Waals surface area contributed by atoms with Gasteiger partial charge in [-0.15, -0.1) is 0 Å². The van der Waals surface area contributed by atoms with E-state index in [0.29, 0.717) is 17.2 Å². The first kappa shape index (κ1) is 18.0. The third-order valence-electron chi connectivity index (χ3n) is 3.82. The lowest BCUT2D eigenvalue weighted by atomic mass is 9.99. The third kappa shape index (κ3) is 5.70. The molecule has 0 amide bonds. The van der Waals surface area contributed by atoms with Gasteiger partial charge in [0.15, 0.2) is 9.84 Å². The molecule has 0 fully saturated rings. The molecule has 1 unspecified atom stereocenters. The number of rotatable bonds is 10. The van der Waals surface area contributed by atoms with E-state index >= 15 is 0 Å². The number of nitrogens with one attached hydrogen (secondary N) is 1. The SMILES string of the molecule is CCCCC(CC)CNc1ccccc1S(=O)(=O)CCC. The summed E-state index contributed by atoms with van der Waals surface area (Å²) in [5, 5.41) is 3.36. The molecule has 0 spiro atoms. The van der Waals surface area contributed by atoms with Crippen LogP contribution in [0.2, 0.25) is 0 Å². The maximum absolute atomic E-state index is 12.3. The fourth-order valence-electron chi connectivity index (χ4n) is 2.46. The Morgan fingerprint density at radius 3 is 2.43 bits per heavy atom. The van der Waals surface area contributed by atoms with Gasteiger partial charge in [-0.1, -0.05) is 52.2 Å². The van der Waals surface area contributed by atoms with Crippen LogP contribution in [0.15, 0.2) is 29.2 Å². The minimum Gasteiger partial charge on any atom is -0.384 e. The quantitative estimate of drug-likeness (QED) is 0.692. The van der Waals surface area contributed by atoms with Gasteiger partial charge in [0.2, 0.25) is 0 Å². The van der Waals surface area contributed by atoms with Gasteiger partial charge < -0.3 is 5.32 Å². The summed E-state index contributed by atoms with van der Waals surface area (Å²) in [6.07, 6.45) is 5.40. The van der Waals surface area contributed by atoms with Crippen molar-refractivity contribution < 1.29 is 8.42 Å². The van der Waals surface area contributed by atoms with Crippen LogP contribution < -0.4 is 5.32 Å². The van der Waals surface area contributed by atoms with Gasteiger partial charge in [0, 0.05) is 6.54 Å². The fraction of sp³-hybridized carbons (Fsp3) is 0.647. The smallest absolute Gasteiger partial charge is 0.180 e. The molecule has 1 rings (SSSR count). The highest BCUT2D eigenvalue weighted by Gasteiger charge is 2.17. The van der Waals surface area contributed by atoms with Crippen LogP contribution in [0.4, 0.5) is 5.69 Å². The largest absolute Gasteiger partial charge is 0.384 e. The summed E-state index contributed by atoms with van der Waals surface area (Å²) in [5.41, 5.74) is 0.751. The van der Waals surface area contributed by atoms with Crippen LogP contribution in [0.5, 0.6) is 0 Å². The average molecular weight is 311 g/mol. The number of unbranched alkanes of at least 4 members (excludes halogenated alkanes) is 1. The summed E-state index contributed by atoms with van der Waals surface area (Å²) in [6.45, 7) is 7.13. The molecule has 120 valence electrons. The van der Waals surface area contributed by atoms with E-state index in [2.05, 4.69) is 19.2 Å². The zero-order chi connectivity index (χ0) is 15.7. The van der Waals surface area contributed by atoms with Crippen LogP contribution in [0.1, 0.15) is 52.9 Å². The zero-order valence-electron chi connectivity index (χ0n) is 13.6. The highest BCUT2D eigenvalue weighted by molar-refractivity contribution is 7.91. The molecule has 4 heteroatoms. The molecule has 1 aromatic carbocycles. The van der Waals surface area contributed by atoms with Crippen molar-refractivity contribution in [1.82, 2.24) is 0 Å². The van der Waals surface area contributed by atoms with E-state index in [0.717, 1.165) is 18.7 Å². The molecule has 1 aromatic rings. The second-order valence-corrected chi connectivity index (χ2v) is 7.69. The number of benzene rings is 1. The van der Waals surface area contributed by atoms with E-state index in [9.17, 15) is 8.42 Å². The Bertz CT molecular complexity index is 511. The van der Waals surface area contributed by atoms with Crippen molar-refractivity contribution in [2.45, 2.75) is 57.8 Å². The molecule has 0 bridgehead atoms. The van der Waals surface area contributed by atoms with Crippen molar-refractivity contribution in [2.24, 2.45) is 5.92 Å². The molecule has 0 saturated heterocycles. The Balaban J connectivity index is 2.80. The molecule has 0 heterocycles. The summed E-state index contributed by atoms with van der Waals surface area (Å²) in [5.74, 6) is 0.811. The summed E-state index contributed by atoms with van der Waals surface area (Å²) in [7, 11) is -3.18. The zero-order valence-corrected chi connectivity index (χ0v) is 14.4. The number of hydrogen-bond acceptors (Lipinski definition) is 3. The first-order valence-electron chi connectivity index (χ1n) is 8.10. The molecular formula is C17H29NO2S. The second-order valence-electron chi connectivity index (χ2n) is 5.61. The summed E-state index contributed by atoms with van der Waals surface area (Å²) >= 11 is 0. The van der Waals surface area contributed by atoms with Gasteiger partial charge in [0.25, 0.3) is 0 Å². The predicted octanol–water partition coefficient (Wildman–Crippen LogP) is 4.50. The van der Waals surface area contributed by atoms with Gasteiger partial charge >= 0.3 is 0 Å². The third-order valence-corrected chi connectivity index (χ3v) is 5.79. The van der Waals surface area contributed by atoms with Gasteiger partial charge in [0.1, 0.15) is 0 Å². The molecule has 1 atom stereocenters. The Kier molecular flexibility index (Phi) is 7.79. The topological polar surface area (TPSA) is 46.2 Å². The highest BCUT2D eigenvalue weighted by Crippen LogP contribution is 2.23. The van der Waals surface area contributed by atoms with Crippen LogP contribution in [0.3, 0.4) is 0 Å². The van der Waals surface area contributed by atoms with Gasteiger partial charge in [-0.3, -0.25) is 0 Å². The van der Waals surface area contributed by atoms with Crippen molar-refractivity contribution in [3.63, 3.8) is 0 Å². The van der Waals surface area contributed by atoms with E-state index in [-0.39, 0.29) is 5.75 Å². The number of para-hydroxylation sites is 1. The molecule has 3 nitrogen and oxygen atoms in total. The Morgan fingerprint density at radius 2 is 1.81 bits per heavy atom. The molecule has 0 aliphatic heterocycles. The van der Waals surface area contributed by atoms with Crippen LogP contribution in [-0.4, -0.2) is 20.7 Å². The Morgan fingerprint density at radius 1 is 1.10 bits per heavy atom. The van der Waals surface area contributed by atoms with Crippen LogP contribution in [0.25, 0.3) is 0 Å². The first-order valence-corrected chi connectivity index (χ1v) is 9.76. The minimum atomic E-state index is -3.18. The van der Waals surface area contributed by atoms with E-state index in [4.69, 9.17) is 0 Å². The molecule has 21 heavy (non-hydrogen) atoms. The van der Waals surface area contributed by atoms with Gasteiger partial charge in [0.05, 0.1) is 16.3 Å². The molecule has 0 aromatic heterocycles. The lowest BCUT2D eigenvalue weighted by Gasteiger charge is -2.18. The minimum absolute atomic E-state index is 0.207. The number of anilines is 1. The van der Waals surface area contributed by atoms with Gasteiger partial charge in [-0.05, 0) is 30.9 Å². The maximum Gasteiger partial charge on any atom is 0.180 e. The first-order chi connectivity index (χ1) is 10.0. The van der Waals surface area contributed by atoms with Crippen LogP contribution >= 0.6 is 0 Å². The molecule has 0 aliphatic rings. The van der Waals surface area contributed by atoms with Crippen LogP contribution in [0, 0.1) is 5.92 Å². The lowest BCUT2D eigenvalue weighted by molar-refractivity contribution is 0.472. The molecule has 0 aliphatic carbocycles. The Labute approximate surface area is 130 Å². The van der Waals surface area contributed by atoms with E-state index in [1.54, 1.807) is 12.1 Å². The van der Waals surface area contributed by atoms with Crippen molar-refractivity contribution in [3.05, 3.63) is 24.3 Å². The van der Waals surface area contributed by atoms with E-state index in [1.807, 2.05) is 19.1 Å². The van der Waals surface area contributed by atoms with Crippen LogP contribution in [-0.2, 0) is 9.84 Å². The average Bonchev–Trinajstić information content (AvgIpc) is 2.48. The van der Waals surface area contributed by atoms with Crippen molar-refractivity contribution in [3.8, 4) is 0 Å². The monoisotopic (exact) mass is 311 g/mol. The predicted molar refractivity (Wildman–Crippen MR) is 90.6 cm³/mol. The van der Waals surface area contributed by atoms with Crippen molar-refractivity contribution in [2.75, 3.05) is 17.6 Å². The Hall–Kier alpha value is -1.03. The summed E-state index contributed by atoms with van der Waals surface area (Å²) in [6, 6.07) is 7.26. The van der Waals surface area contributed by atoms with E-state index in [1.165, 1.54) is 19.3 Å². The maximum atomic E-state index is 12.3. The standard InChI is InChI=1S/C17H29NO2S/c1-4-7-10-15(6-3)14-18-16-11-8-9-12-17(16)21(19,20)13-5-2/h8-9,11-12,15,18H,4-7,10,13-14H2,1-3H3. The molecule has 0 radical (unpaired) electrons. The normalized spacial score (nSPS) is 13.1.